The Labute approximate surface area is 192 Å². The Bertz CT molecular complexity index is 1260. The van der Waals surface area contributed by atoms with Gasteiger partial charge in [0.2, 0.25) is 0 Å². The summed E-state index contributed by atoms with van der Waals surface area (Å²) in [5.74, 6) is 0. The minimum atomic E-state index is 0.655. The van der Waals surface area contributed by atoms with Crippen LogP contribution in [0.5, 0.6) is 0 Å². The van der Waals surface area contributed by atoms with Crippen molar-refractivity contribution in [3.05, 3.63) is 83.1 Å². The average Bonchev–Trinajstić information content (AvgIpc) is 2.99. The van der Waals surface area contributed by atoms with E-state index < -0.39 is 0 Å². The molecule has 1 aliphatic heterocycles. The Morgan fingerprint density at radius 1 is 0.906 bits per heavy atom. The normalized spacial score (nSPS) is 14.9. The van der Waals surface area contributed by atoms with Crippen LogP contribution in [0.1, 0.15) is 17.7 Å². The van der Waals surface area contributed by atoms with Crippen molar-refractivity contribution < 1.29 is 0 Å². The van der Waals surface area contributed by atoms with Crippen LogP contribution in [0.3, 0.4) is 0 Å². The van der Waals surface area contributed by atoms with Gasteiger partial charge in [0.25, 0.3) is 0 Å². The maximum absolute atomic E-state index is 9.18. The quantitative estimate of drug-likeness (QED) is 0.484. The van der Waals surface area contributed by atoms with Crippen LogP contribution in [0, 0.1) is 11.3 Å². The first-order valence-corrected chi connectivity index (χ1v) is 11.3. The van der Waals surface area contributed by atoms with E-state index in [0.717, 1.165) is 72.2 Å². The predicted octanol–water partition coefficient (Wildman–Crippen LogP) is 4.99. The fourth-order valence-electron chi connectivity index (χ4n) is 4.26. The number of hydrogen-bond acceptors (Lipinski definition) is 4. The SMILES string of the molecule is N#Cc1ccc(-c2nc3ccc(-c4ccc(Cl)cc4)cn3c2CN2CCCNCC2)cc1. The fraction of sp³-hybridized carbons (Fsp3) is 0.231. The van der Waals surface area contributed by atoms with E-state index >= 15 is 0 Å². The van der Waals surface area contributed by atoms with Crippen LogP contribution in [-0.4, -0.2) is 40.5 Å². The number of nitriles is 1. The molecule has 0 unspecified atom stereocenters. The van der Waals surface area contributed by atoms with Gasteiger partial charge in [0, 0.05) is 36.4 Å². The van der Waals surface area contributed by atoms with Crippen LogP contribution in [-0.2, 0) is 6.54 Å². The van der Waals surface area contributed by atoms with Gasteiger partial charge in [0.15, 0.2) is 0 Å². The van der Waals surface area contributed by atoms with Crippen LogP contribution < -0.4 is 5.32 Å². The lowest BCUT2D eigenvalue weighted by molar-refractivity contribution is 0.281. The Balaban J connectivity index is 1.62. The Kier molecular flexibility index (Phi) is 5.91. The molecular weight excluding hydrogens is 418 g/mol. The summed E-state index contributed by atoms with van der Waals surface area (Å²) >= 11 is 6.09. The molecule has 0 spiro atoms. The van der Waals surface area contributed by atoms with Gasteiger partial charge in [0.05, 0.1) is 23.0 Å². The van der Waals surface area contributed by atoms with Crippen molar-refractivity contribution >= 4 is 17.2 Å². The third kappa shape index (κ3) is 4.26. The number of pyridine rings is 1. The minimum Gasteiger partial charge on any atom is -0.315 e. The molecule has 0 atom stereocenters. The van der Waals surface area contributed by atoms with E-state index in [9.17, 15) is 5.26 Å². The number of nitrogens with zero attached hydrogens (tertiary/aromatic N) is 4. The van der Waals surface area contributed by atoms with E-state index in [1.807, 2.05) is 48.5 Å². The second-order valence-corrected chi connectivity index (χ2v) is 8.57. The van der Waals surface area contributed by atoms with Crippen LogP contribution >= 0.6 is 11.6 Å². The molecule has 0 saturated carbocycles. The molecule has 3 heterocycles. The molecule has 1 saturated heterocycles. The molecule has 160 valence electrons. The number of imidazole rings is 1. The molecule has 0 aliphatic carbocycles. The van der Waals surface area contributed by atoms with Crippen molar-refractivity contribution in [3.8, 4) is 28.5 Å². The maximum Gasteiger partial charge on any atom is 0.137 e. The molecule has 4 aromatic rings. The second kappa shape index (κ2) is 9.13. The Morgan fingerprint density at radius 3 is 2.44 bits per heavy atom. The maximum atomic E-state index is 9.18. The monoisotopic (exact) mass is 441 g/mol. The van der Waals surface area contributed by atoms with E-state index in [1.165, 1.54) is 5.69 Å². The van der Waals surface area contributed by atoms with E-state index in [2.05, 4.69) is 39.0 Å². The summed E-state index contributed by atoms with van der Waals surface area (Å²) in [6.07, 6.45) is 3.31. The van der Waals surface area contributed by atoms with E-state index in [1.54, 1.807) is 0 Å². The smallest absolute Gasteiger partial charge is 0.137 e. The summed E-state index contributed by atoms with van der Waals surface area (Å²) < 4.78 is 2.22. The summed E-state index contributed by atoms with van der Waals surface area (Å²) in [7, 11) is 0. The lowest BCUT2D eigenvalue weighted by atomic mass is 10.1. The standard InChI is InChI=1S/C26H24ClN5/c27-23-9-6-20(7-10-23)22-8-11-25-30-26(21-4-2-19(16-28)3-5-21)24(32(25)17-22)18-31-14-1-12-29-13-15-31/h2-11,17,29H,1,12-15,18H2. The number of hydrogen-bond donors (Lipinski definition) is 1. The van der Waals surface area contributed by atoms with Gasteiger partial charge in [-0.15, -0.1) is 0 Å². The molecule has 0 bridgehead atoms. The largest absolute Gasteiger partial charge is 0.315 e. The first-order chi connectivity index (χ1) is 15.7. The van der Waals surface area contributed by atoms with Gasteiger partial charge < -0.3 is 9.72 Å². The number of halogens is 1. The van der Waals surface area contributed by atoms with Gasteiger partial charge in [-0.2, -0.15) is 5.26 Å². The molecular formula is C26H24ClN5. The van der Waals surface area contributed by atoms with Gasteiger partial charge in [-0.25, -0.2) is 4.98 Å². The zero-order valence-corrected chi connectivity index (χ0v) is 18.5. The first-order valence-electron chi connectivity index (χ1n) is 10.9. The fourth-order valence-corrected chi connectivity index (χ4v) is 4.39. The first kappa shape index (κ1) is 20.7. The summed E-state index contributed by atoms with van der Waals surface area (Å²) in [5.41, 5.74) is 6.99. The molecule has 0 radical (unpaired) electrons. The third-order valence-corrected chi connectivity index (χ3v) is 6.24. The van der Waals surface area contributed by atoms with Crippen molar-refractivity contribution in [2.24, 2.45) is 0 Å². The summed E-state index contributed by atoms with van der Waals surface area (Å²) in [5, 5.41) is 13.4. The molecule has 0 amide bonds. The van der Waals surface area contributed by atoms with Gasteiger partial charge in [-0.3, -0.25) is 4.90 Å². The molecule has 1 N–H and O–H groups in total. The van der Waals surface area contributed by atoms with Crippen molar-refractivity contribution in [3.63, 3.8) is 0 Å². The van der Waals surface area contributed by atoms with Crippen molar-refractivity contribution in [1.82, 2.24) is 19.6 Å². The van der Waals surface area contributed by atoms with Crippen molar-refractivity contribution in [1.29, 1.82) is 5.26 Å². The molecule has 1 fully saturated rings. The molecule has 2 aromatic heterocycles. The van der Waals surface area contributed by atoms with Crippen LogP contribution in [0.2, 0.25) is 5.02 Å². The highest BCUT2D eigenvalue weighted by Crippen LogP contribution is 2.29. The number of nitrogens with one attached hydrogen (secondary N) is 1. The number of aromatic nitrogens is 2. The highest BCUT2D eigenvalue weighted by molar-refractivity contribution is 6.30. The van der Waals surface area contributed by atoms with Crippen molar-refractivity contribution in [2.45, 2.75) is 13.0 Å². The summed E-state index contributed by atoms with van der Waals surface area (Å²) in [4.78, 5) is 7.48. The summed E-state index contributed by atoms with van der Waals surface area (Å²) in [6.45, 7) is 4.95. The van der Waals surface area contributed by atoms with E-state index in [4.69, 9.17) is 16.6 Å². The van der Waals surface area contributed by atoms with Crippen molar-refractivity contribution in [2.75, 3.05) is 26.2 Å². The lowest BCUT2D eigenvalue weighted by Gasteiger charge is -2.20. The zero-order valence-electron chi connectivity index (χ0n) is 17.8. The van der Waals surface area contributed by atoms with E-state index in [0.29, 0.717) is 5.56 Å². The Hall–Kier alpha value is -3.17. The van der Waals surface area contributed by atoms with Gasteiger partial charge in [-0.1, -0.05) is 35.9 Å². The number of fused-ring (bicyclic) bond motifs is 1. The van der Waals surface area contributed by atoms with E-state index in [-0.39, 0.29) is 0 Å². The Morgan fingerprint density at radius 2 is 1.66 bits per heavy atom. The number of benzene rings is 2. The van der Waals surface area contributed by atoms with Crippen LogP contribution in [0.15, 0.2) is 66.9 Å². The summed E-state index contributed by atoms with van der Waals surface area (Å²) in [6, 6.07) is 22.0. The highest BCUT2D eigenvalue weighted by atomic mass is 35.5. The van der Waals surface area contributed by atoms with Crippen LogP contribution in [0.25, 0.3) is 28.0 Å². The second-order valence-electron chi connectivity index (χ2n) is 8.13. The molecule has 5 nitrogen and oxygen atoms in total. The van der Waals surface area contributed by atoms with Gasteiger partial charge in [0.1, 0.15) is 5.65 Å². The third-order valence-electron chi connectivity index (χ3n) is 5.99. The zero-order chi connectivity index (χ0) is 21.9. The predicted molar refractivity (Wildman–Crippen MR) is 129 cm³/mol. The highest BCUT2D eigenvalue weighted by Gasteiger charge is 2.19. The minimum absolute atomic E-state index is 0.655. The molecule has 2 aromatic carbocycles. The molecule has 5 rings (SSSR count). The molecule has 6 heteroatoms. The lowest BCUT2D eigenvalue weighted by Crippen LogP contribution is -2.28. The van der Waals surface area contributed by atoms with Gasteiger partial charge >= 0.3 is 0 Å². The molecule has 32 heavy (non-hydrogen) atoms. The molecule has 1 aliphatic rings. The van der Waals surface area contributed by atoms with Gasteiger partial charge in [-0.05, 0) is 67.0 Å². The topological polar surface area (TPSA) is 56.4 Å². The van der Waals surface area contributed by atoms with Crippen LogP contribution in [0.4, 0.5) is 0 Å². The average molecular weight is 442 g/mol. The number of rotatable bonds is 4.